The van der Waals surface area contributed by atoms with Gasteiger partial charge in [0.2, 0.25) is 0 Å². The van der Waals surface area contributed by atoms with E-state index in [1.807, 2.05) is 26.0 Å². The van der Waals surface area contributed by atoms with E-state index in [1.54, 1.807) is 0 Å². The Morgan fingerprint density at radius 3 is 2.21 bits per heavy atom. The van der Waals surface area contributed by atoms with Crippen molar-refractivity contribution in [1.29, 1.82) is 0 Å². The van der Waals surface area contributed by atoms with Crippen molar-refractivity contribution in [1.82, 2.24) is 0 Å². The van der Waals surface area contributed by atoms with Crippen molar-refractivity contribution in [3.63, 3.8) is 0 Å². The summed E-state index contributed by atoms with van der Waals surface area (Å²) >= 11 is 0. The van der Waals surface area contributed by atoms with Crippen LogP contribution in [0.5, 0.6) is 0 Å². The summed E-state index contributed by atoms with van der Waals surface area (Å²) in [7, 11) is -3.47. The zero-order valence-corrected chi connectivity index (χ0v) is 21.1. The summed E-state index contributed by atoms with van der Waals surface area (Å²) in [5.41, 5.74) is 9.78. The number of benzene rings is 3. The molecule has 0 fully saturated rings. The molecular formula is C29H33O3P. The van der Waals surface area contributed by atoms with Gasteiger partial charge in [-0.3, -0.25) is 4.57 Å². The van der Waals surface area contributed by atoms with Gasteiger partial charge < -0.3 is 9.05 Å². The highest BCUT2D eigenvalue weighted by Gasteiger charge is 2.34. The first-order valence-electron chi connectivity index (χ1n) is 11.7. The van der Waals surface area contributed by atoms with Gasteiger partial charge in [-0.2, -0.15) is 0 Å². The highest BCUT2D eigenvalue weighted by molar-refractivity contribution is 7.62. The Hall–Kier alpha value is -2.45. The minimum Gasteiger partial charge on any atom is -0.305 e. The molecule has 3 aromatic rings. The van der Waals surface area contributed by atoms with E-state index in [-0.39, 0.29) is 5.92 Å². The zero-order chi connectivity index (χ0) is 23.6. The average molecular weight is 461 g/mol. The van der Waals surface area contributed by atoms with E-state index in [0.717, 1.165) is 17.5 Å². The molecule has 1 unspecified atom stereocenters. The standard InChI is InChI=1S/C29H33O3P/c1-6-31-33(30,32-7-2)28-14-10-12-24(19-27-21(4)17-20(3)18-22(27)5)29(28)26-16-15-23-11-8-9-13-25(23)26/h8-18,26H,6-7,19H2,1-5H3. The van der Waals surface area contributed by atoms with Gasteiger partial charge in [0.05, 0.1) is 18.5 Å². The first-order valence-corrected chi connectivity index (χ1v) is 13.3. The summed E-state index contributed by atoms with van der Waals surface area (Å²) in [6.07, 6.45) is 5.14. The van der Waals surface area contributed by atoms with Gasteiger partial charge in [-0.05, 0) is 86.1 Å². The zero-order valence-electron chi connectivity index (χ0n) is 20.2. The fraction of sp³-hybridized carbons (Fsp3) is 0.310. The van der Waals surface area contributed by atoms with E-state index in [9.17, 15) is 4.57 Å². The Labute approximate surface area is 198 Å². The Bertz CT molecular complexity index is 1210. The Morgan fingerprint density at radius 1 is 0.879 bits per heavy atom. The van der Waals surface area contributed by atoms with Gasteiger partial charge in [0.15, 0.2) is 0 Å². The summed E-state index contributed by atoms with van der Waals surface area (Å²) in [4.78, 5) is 0. The van der Waals surface area contributed by atoms with Crippen molar-refractivity contribution in [2.75, 3.05) is 13.2 Å². The lowest BCUT2D eigenvalue weighted by Gasteiger charge is -2.26. The topological polar surface area (TPSA) is 35.5 Å². The average Bonchev–Trinajstić information content (AvgIpc) is 3.20. The molecule has 1 aliphatic carbocycles. The van der Waals surface area contributed by atoms with Crippen LogP contribution in [0.2, 0.25) is 0 Å². The first kappa shape index (κ1) is 23.7. The minimum atomic E-state index is -3.47. The van der Waals surface area contributed by atoms with Crippen LogP contribution >= 0.6 is 7.60 Å². The highest BCUT2D eigenvalue weighted by atomic mass is 31.2. The summed E-state index contributed by atoms with van der Waals surface area (Å²) in [5.74, 6) is 0.00713. The third kappa shape index (κ3) is 4.64. The summed E-state index contributed by atoms with van der Waals surface area (Å²) < 4.78 is 25.7. The second-order valence-electron chi connectivity index (χ2n) is 8.70. The molecule has 4 rings (SSSR count). The van der Waals surface area contributed by atoms with Crippen LogP contribution in [0.15, 0.2) is 60.7 Å². The van der Waals surface area contributed by atoms with Crippen molar-refractivity contribution < 1.29 is 13.6 Å². The second-order valence-corrected chi connectivity index (χ2v) is 10.7. The van der Waals surface area contributed by atoms with Crippen LogP contribution < -0.4 is 5.30 Å². The SMILES string of the molecule is CCOP(=O)(OCC)c1cccc(Cc2c(C)cc(C)cc2C)c1C1C=Cc2ccccc21. The number of hydrogen-bond donors (Lipinski definition) is 0. The first-order chi connectivity index (χ1) is 15.9. The predicted molar refractivity (Wildman–Crippen MR) is 138 cm³/mol. The molecule has 0 saturated carbocycles. The number of rotatable bonds is 8. The molecule has 0 amide bonds. The number of allylic oxidation sites excluding steroid dienone is 1. The Balaban J connectivity index is 1.93. The van der Waals surface area contributed by atoms with Gasteiger partial charge in [-0.1, -0.05) is 66.2 Å². The van der Waals surface area contributed by atoms with E-state index in [0.29, 0.717) is 18.5 Å². The van der Waals surface area contributed by atoms with E-state index in [1.165, 1.54) is 33.4 Å². The lowest BCUT2D eigenvalue weighted by molar-refractivity contribution is 0.229. The molecule has 3 aromatic carbocycles. The van der Waals surface area contributed by atoms with Gasteiger partial charge in [-0.15, -0.1) is 0 Å². The third-order valence-corrected chi connectivity index (χ3v) is 8.56. The fourth-order valence-electron chi connectivity index (χ4n) is 5.05. The molecule has 33 heavy (non-hydrogen) atoms. The van der Waals surface area contributed by atoms with Crippen LogP contribution in [0.1, 0.15) is 64.3 Å². The summed E-state index contributed by atoms with van der Waals surface area (Å²) in [5, 5.41) is 0.678. The van der Waals surface area contributed by atoms with E-state index < -0.39 is 7.60 Å². The van der Waals surface area contributed by atoms with Crippen LogP contribution in [0, 0.1) is 20.8 Å². The van der Waals surface area contributed by atoms with Gasteiger partial charge in [0.25, 0.3) is 0 Å². The van der Waals surface area contributed by atoms with Gasteiger partial charge in [-0.25, -0.2) is 0 Å². The normalized spacial score (nSPS) is 15.1. The lowest BCUT2D eigenvalue weighted by atomic mass is 9.85. The van der Waals surface area contributed by atoms with Crippen LogP contribution in [-0.2, 0) is 20.0 Å². The summed E-state index contributed by atoms with van der Waals surface area (Å²) in [6, 6.07) is 19.0. The maximum atomic E-state index is 14.0. The Morgan fingerprint density at radius 2 is 1.55 bits per heavy atom. The van der Waals surface area contributed by atoms with Crippen LogP contribution in [0.25, 0.3) is 6.08 Å². The van der Waals surface area contributed by atoms with E-state index in [2.05, 4.69) is 75.4 Å². The van der Waals surface area contributed by atoms with Crippen LogP contribution in [0.3, 0.4) is 0 Å². The number of aryl methyl sites for hydroxylation is 3. The van der Waals surface area contributed by atoms with Crippen molar-refractivity contribution in [2.45, 2.75) is 47.0 Å². The van der Waals surface area contributed by atoms with E-state index in [4.69, 9.17) is 9.05 Å². The predicted octanol–water partition coefficient (Wildman–Crippen LogP) is 7.25. The minimum absolute atomic E-state index is 0.00713. The van der Waals surface area contributed by atoms with Crippen molar-refractivity contribution in [3.8, 4) is 0 Å². The van der Waals surface area contributed by atoms with Crippen LogP contribution in [-0.4, -0.2) is 13.2 Å². The quantitative estimate of drug-likeness (QED) is 0.332. The third-order valence-electron chi connectivity index (χ3n) is 6.38. The van der Waals surface area contributed by atoms with Crippen molar-refractivity contribution in [2.24, 2.45) is 0 Å². The molecule has 0 aromatic heterocycles. The molecule has 0 bridgehead atoms. The largest absolute Gasteiger partial charge is 0.361 e. The molecule has 0 aliphatic heterocycles. The smallest absolute Gasteiger partial charge is 0.305 e. The summed E-state index contributed by atoms with van der Waals surface area (Å²) in [6.45, 7) is 10.9. The molecule has 0 N–H and O–H groups in total. The highest BCUT2D eigenvalue weighted by Crippen LogP contribution is 2.51. The molecule has 4 heteroatoms. The van der Waals surface area contributed by atoms with Gasteiger partial charge in [0, 0.05) is 5.92 Å². The molecule has 1 atom stereocenters. The molecular weight excluding hydrogens is 427 g/mol. The maximum absolute atomic E-state index is 14.0. The monoisotopic (exact) mass is 460 g/mol. The molecule has 3 nitrogen and oxygen atoms in total. The molecule has 172 valence electrons. The molecule has 0 saturated heterocycles. The lowest BCUT2D eigenvalue weighted by Crippen LogP contribution is -2.20. The van der Waals surface area contributed by atoms with Crippen molar-refractivity contribution in [3.05, 3.63) is 105 Å². The van der Waals surface area contributed by atoms with Gasteiger partial charge >= 0.3 is 7.60 Å². The Kier molecular flexibility index (Phi) is 7.05. The van der Waals surface area contributed by atoms with Crippen LogP contribution in [0.4, 0.5) is 0 Å². The molecule has 0 spiro atoms. The number of hydrogen-bond acceptors (Lipinski definition) is 3. The molecule has 1 aliphatic rings. The molecule has 0 radical (unpaired) electrons. The fourth-order valence-corrected chi connectivity index (χ4v) is 6.93. The number of fused-ring (bicyclic) bond motifs is 1. The second kappa shape index (κ2) is 9.81. The maximum Gasteiger partial charge on any atom is 0.361 e. The van der Waals surface area contributed by atoms with Crippen molar-refractivity contribution >= 4 is 19.0 Å². The van der Waals surface area contributed by atoms with Gasteiger partial charge in [0.1, 0.15) is 0 Å². The molecule has 0 heterocycles. The van der Waals surface area contributed by atoms with E-state index >= 15 is 0 Å².